The summed E-state index contributed by atoms with van der Waals surface area (Å²) in [5, 5.41) is 5.23. The average molecular weight is 359 g/mol. The summed E-state index contributed by atoms with van der Waals surface area (Å²) in [6.07, 6.45) is -0.0752. The van der Waals surface area contributed by atoms with E-state index in [1.807, 2.05) is 24.3 Å². The Kier molecular flexibility index (Phi) is 3.65. The number of benzene rings is 2. The first kappa shape index (κ1) is 15.6. The van der Waals surface area contributed by atoms with Gasteiger partial charge < -0.3 is 5.32 Å². The van der Waals surface area contributed by atoms with Crippen LogP contribution in [0.15, 0.2) is 42.5 Å². The second-order valence-corrected chi connectivity index (χ2v) is 6.09. The number of nitrogens with zero attached hydrogens (tertiary/aromatic N) is 2. The lowest BCUT2D eigenvalue weighted by atomic mass is 10.1. The maximum absolute atomic E-state index is 13.2. The molecule has 25 heavy (non-hydrogen) atoms. The van der Waals surface area contributed by atoms with E-state index in [-0.39, 0.29) is 23.3 Å². The van der Waals surface area contributed by atoms with Gasteiger partial charge in [0.25, 0.3) is 0 Å². The lowest BCUT2D eigenvalue weighted by molar-refractivity contribution is -0.123. The minimum atomic E-state index is -0.696. The van der Waals surface area contributed by atoms with Crippen LogP contribution in [0.25, 0.3) is 11.0 Å². The van der Waals surface area contributed by atoms with Gasteiger partial charge in [0.05, 0.1) is 22.5 Å². The van der Waals surface area contributed by atoms with Gasteiger partial charge in [-0.3, -0.25) is 19.5 Å². The van der Waals surface area contributed by atoms with Crippen LogP contribution in [0.5, 0.6) is 0 Å². The maximum atomic E-state index is 13.2. The van der Waals surface area contributed by atoms with E-state index >= 15 is 0 Å². The fourth-order valence-corrected chi connectivity index (χ4v) is 3.08. The van der Waals surface area contributed by atoms with Crippen molar-refractivity contribution in [1.82, 2.24) is 9.55 Å². The summed E-state index contributed by atoms with van der Waals surface area (Å²) in [5.74, 6) is -0.813. The van der Waals surface area contributed by atoms with Crippen molar-refractivity contribution in [2.24, 2.45) is 0 Å². The van der Waals surface area contributed by atoms with Gasteiger partial charge in [-0.1, -0.05) is 23.7 Å². The summed E-state index contributed by atoms with van der Waals surface area (Å²) in [4.78, 5) is 28.9. The summed E-state index contributed by atoms with van der Waals surface area (Å²) in [6, 6.07) is 10.6. The first-order chi connectivity index (χ1) is 12.0. The Hall–Kier alpha value is -2.93. The summed E-state index contributed by atoms with van der Waals surface area (Å²) in [7, 11) is 0. The number of amides is 2. The number of nitrogens with one attached hydrogen (secondary N) is 2. The molecule has 126 valence electrons. The van der Waals surface area contributed by atoms with Gasteiger partial charge in [-0.25, -0.2) is 9.37 Å². The highest BCUT2D eigenvalue weighted by molar-refractivity contribution is 6.31. The van der Waals surface area contributed by atoms with Gasteiger partial charge >= 0.3 is 0 Å². The first-order valence-electron chi connectivity index (χ1n) is 7.55. The molecule has 0 aliphatic carbocycles. The Morgan fingerprint density at radius 2 is 2.12 bits per heavy atom. The molecule has 0 unspecified atom stereocenters. The standard InChI is InChI=1S/C17H12ClFN4O2/c18-10-7-9(5-6-11(10)19)20-15(24)8-14-16(25)22-17-21-12-3-1-2-4-13(12)23(14)17/h1-7,14H,8H2,(H,20,24)(H,21,22,25)/t14-/m0/s1. The van der Waals surface area contributed by atoms with Crippen LogP contribution in [-0.2, 0) is 9.59 Å². The van der Waals surface area contributed by atoms with Gasteiger partial charge in [0.2, 0.25) is 17.8 Å². The Bertz CT molecular complexity index is 1020. The Morgan fingerprint density at radius 1 is 1.32 bits per heavy atom. The van der Waals surface area contributed by atoms with Gasteiger partial charge in [0.1, 0.15) is 11.9 Å². The minimum absolute atomic E-state index is 0.0752. The van der Waals surface area contributed by atoms with Crippen LogP contribution in [0.4, 0.5) is 16.0 Å². The van der Waals surface area contributed by atoms with Crippen molar-refractivity contribution in [1.29, 1.82) is 0 Å². The number of fused-ring (bicyclic) bond motifs is 3. The number of rotatable bonds is 3. The molecule has 1 aromatic heterocycles. The van der Waals surface area contributed by atoms with Crippen LogP contribution in [0.3, 0.4) is 0 Å². The van der Waals surface area contributed by atoms with Crippen molar-refractivity contribution >= 4 is 46.1 Å². The van der Waals surface area contributed by atoms with Crippen LogP contribution in [0.1, 0.15) is 12.5 Å². The number of carbonyl (C=O) groups excluding carboxylic acids is 2. The zero-order valence-electron chi connectivity index (χ0n) is 12.8. The Balaban J connectivity index is 1.57. The molecule has 2 aromatic carbocycles. The second-order valence-electron chi connectivity index (χ2n) is 5.68. The number of hydrogen-bond acceptors (Lipinski definition) is 3. The minimum Gasteiger partial charge on any atom is -0.326 e. The summed E-state index contributed by atoms with van der Waals surface area (Å²) >= 11 is 5.71. The summed E-state index contributed by atoms with van der Waals surface area (Å²) in [5.41, 5.74) is 1.89. The predicted molar refractivity (Wildman–Crippen MR) is 92.1 cm³/mol. The van der Waals surface area contributed by atoms with Crippen molar-refractivity contribution < 1.29 is 14.0 Å². The molecule has 1 atom stereocenters. The Morgan fingerprint density at radius 3 is 2.92 bits per heavy atom. The quantitative estimate of drug-likeness (QED) is 0.753. The van der Waals surface area contributed by atoms with E-state index in [1.165, 1.54) is 18.2 Å². The van der Waals surface area contributed by atoms with Crippen LogP contribution in [0.2, 0.25) is 5.02 Å². The molecule has 0 radical (unpaired) electrons. The zero-order chi connectivity index (χ0) is 17.6. The van der Waals surface area contributed by atoms with Crippen LogP contribution in [-0.4, -0.2) is 21.4 Å². The lowest BCUT2D eigenvalue weighted by Crippen LogP contribution is -2.23. The van der Waals surface area contributed by atoms with E-state index < -0.39 is 11.9 Å². The van der Waals surface area contributed by atoms with E-state index in [0.717, 1.165) is 11.0 Å². The number of imidazole rings is 1. The molecule has 0 spiro atoms. The van der Waals surface area contributed by atoms with E-state index in [9.17, 15) is 14.0 Å². The molecule has 4 rings (SSSR count). The topological polar surface area (TPSA) is 76.0 Å². The van der Waals surface area contributed by atoms with E-state index in [1.54, 1.807) is 4.57 Å². The zero-order valence-corrected chi connectivity index (χ0v) is 13.5. The van der Waals surface area contributed by atoms with Crippen molar-refractivity contribution in [3.63, 3.8) is 0 Å². The van der Waals surface area contributed by atoms with Crippen LogP contribution < -0.4 is 10.6 Å². The smallest absolute Gasteiger partial charge is 0.250 e. The van der Waals surface area contributed by atoms with Crippen molar-refractivity contribution in [2.75, 3.05) is 10.6 Å². The van der Waals surface area contributed by atoms with Gasteiger partial charge in [0, 0.05) is 5.69 Å². The van der Waals surface area contributed by atoms with Crippen molar-refractivity contribution in [2.45, 2.75) is 12.5 Å². The fourth-order valence-electron chi connectivity index (χ4n) is 2.90. The third-order valence-corrected chi connectivity index (χ3v) is 4.32. The van der Waals surface area contributed by atoms with Crippen LogP contribution in [0, 0.1) is 5.82 Å². The number of carbonyl (C=O) groups is 2. The fraction of sp³-hybridized carbons (Fsp3) is 0.118. The maximum Gasteiger partial charge on any atom is 0.250 e. The van der Waals surface area contributed by atoms with Gasteiger partial charge in [-0.05, 0) is 30.3 Å². The highest BCUT2D eigenvalue weighted by Gasteiger charge is 2.34. The van der Waals surface area contributed by atoms with Gasteiger partial charge in [-0.2, -0.15) is 0 Å². The molecule has 2 heterocycles. The molecule has 6 nitrogen and oxygen atoms in total. The molecule has 0 bridgehead atoms. The van der Waals surface area contributed by atoms with Gasteiger partial charge in [0.15, 0.2) is 0 Å². The normalized spacial score (nSPS) is 15.9. The van der Waals surface area contributed by atoms with Crippen molar-refractivity contribution in [3.8, 4) is 0 Å². The van der Waals surface area contributed by atoms with E-state index in [4.69, 9.17) is 11.6 Å². The summed E-state index contributed by atoms with van der Waals surface area (Å²) in [6.45, 7) is 0. The van der Waals surface area contributed by atoms with E-state index in [2.05, 4.69) is 15.6 Å². The molecule has 2 N–H and O–H groups in total. The lowest BCUT2D eigenvalue weighted by Gasteiger charge is -2.12. The number of anilines is 2. The van der Waals surface area contributed by atoms with Crippen molar-refractivity contribution in [3.05, 3.63) is 53.3 Å². The van der Waals surface area contributed by atoms with Crippen LogP contribution >= 0.6 is 11.6 Å². The average Bonchev–Trinajstić information content (AvgIpc) is 3.07. The molecule has 1 aliphatic heterocycles. The first-order valence-corrected chi connectivity index (χ1v) is 7.93. The molecular formula is C17H12ClFN4O2. The Labute approximate surface area is 146 Å². The number of hydrogen-bond donors (Lipinski definition) is 2. The van der Waals surface area contributed by atoms with Gasteiger partial charge in [-0.15, -0.1) is 0 Å². The number of halogens is 2. The molecule has 0 saturated carbocycles. The molecule has 0 saturated heterocycles. The number of aromatic nitrogens is 2. The highest BCUT2D eigenvalue weighted by atomic mass is 35.5. The SMILES string of the molecule is O=C(C[C@H]1C(=O)Nc2nc3ccccc3n21)Nc1ccc(F)c(Cl)c1. The molecule has 0 fully saturated rings. The molecule has 8 heteroatoms. The predicted octanol–water partition coefficient (Wildman–Crippen LogP) is 3.35. The monoisotopic (exact) mass is 358 g/mol. The van der Waals surface area contributed by atoms with E-state index in [0.29, 0.717) is 11.6 Å². The summed E-state index contributed by atoms with van der Waals surface area (Å²) < 4.78 is 14.9. The second kappa shape index (κ2) is 5.86. The third kappa shape index (κ3) is 2.72. The largest absolute Gasteiger partial charge is 0.326 e. The molecule has 1 aliphatic rings. The molecule has 2 amide bonds. The molecular weight excluding hydrogens is 347 g/mol. The highest BCUT2D eigenvalue weighted by Crippen LogP contribution is 2.32. The molecule has 3 aromatic rings. The third-order valence-electron chi connectivity index (χ3n) is 4.03. The number of para-hydroxylation sites is 2.